The van der Waals surface area contributed by atoms with Crippen LogP contribution in [0.25, 0.3) is 0 Å². The lowest BCUT2D eigenvalue weighted by molar-refractivity contribution is 0.144. The summed E-state index contributed by atoms with van der Waals surface area (Å²) in [7, 11) is 3.14. The first-order valence-corrected chi connectivity index (χ1v) is 6.91. The number of fused-ring (bicyclic) bond motifs is 1. The fourth-order valence-corrected chi connectivity index (χ4v) is 2.58. The summed E-state index contributed by atoms with van der Waals surface area (Å²) in [6.45, 7) is 0.579. The highest BCUT2D eigenvalue weighted by atomic mass is 16.7. The first-order valence-electron chi connectivity index (χ1n) is 6.91. The molecule has 0 fully saturated rings. The standard InChI is InChI=1S/C16H15NO6/c1-20-12-5-9-3-4-17-15(10(9)6-13(12)21-2)11-7-22-8-14(11)23-16(18)19/h5-8H,3-4H2,1-2H3,(H,18,19). The zero-order chi connectivity index (χ0) is 16.4. The van der Waals surface area contributed by atoms with Crippen molar-refractivity contribution < 1.29 is 28.5 Å². The van der Waals surface area contributed by atoms with Crippen LogP contribution in [0.2, 0.25) is 0 Å². The third-order valence-corrected chi connectivity index (χ3v) is 3.59. The lowest BCUT2D eigenvalue weighted by Crippen LogP contribution is -2.16. The number of methoxy groups -OCH3 is 2. The molecule has 0 spiro atoms. The number of furan rings is 1. The minimum Gasteiger partial charge on any atom is -0.493 e. The summed E-state index contributed by atoms with van der Waals surface area (Å²) in [5.41, 5.74) is 2.97. The van der Waals surface area contributed by atoms with E-state index in [0.717, 1.165) is 17.5 Å². The normalized spacial score (nSPS) is 13.0. The molecule has 2 aromatic rings. The van der Waals surface area contributed by atoms with Gasteiger partial charge in [-0.15, -0.1) is 0 Å². The first kappa shape index (κ1) is 15.0. The topological polar surface area (TPSA) is 90.5 Å². The Balaban J connectivity index is 2.09. The molecule has 0 unspecified atom stereocenters. The van der Waals surface area contributed by atoms with Crippen LogP contribution in [0.5, 0.6) is 17.2 Å². The quantitative estimate of drug-likeness (QED) is 0.872. The summed E-state index contributed by atoms with van der Waals surface area (Å²) >= 11 is 0. The molecule has 7 nitrogen and oxygen atoms in total. The average molecular weight is 317 g/mol. The molecule has 3 rings (SSSR count). The van der Waals surface area contributed by atoms with Crippen LogP contribution in [-0.4, -0.2) is 37.7 Å². The molecule has 1 aliphatic heterocycles. The average Bonchev–Trinajstić information content (AvgIpc) is 2.99. The van der Waals surface area contributed by atoms with Crippen LogP contribution in [0.1, 0.15) is 16.7 Å². The number of hydrogen-bond donors (Lipinski definition) is 1. The summed E-state index contributed by atoms with van der Waals surface area (Å²) in [5.74, 6) is 1.32. The first-order chi connectivity index (χ1) is 11.1. The van der Waals surface area contributed by atoms with Crippen LogP contribution in [0.15, 0.2) is 34.1 Å². The molecule has 1 aliphatic rings. The second-order valence-corrected chi connectivity index (χ2v) is 4.86. The number of hydrogen-bond acceptors (Lipinski definition) is 6. The maximum Gasteiger partial charge on any atom is 0.511 e. The Morgan fingerprint density at radius 1 is 1.13 bits per heavy atom. The highest BCUT2D eigenvalue weighted by Crippen LogP contribution is 2.35. The van der Waals surface area contributed by atoms with Crippen LogP contribution in [0.4, 0.5) is 4.79 Å². The van der Waals surface area contributed by atoms with E-state index in [1.165, 1.54) is 12.5 Å². The number of aliphatic imine (C=N–C) groups is 1. The SMILES string of the molecule is COc1cc2c(cc1OC)C(c1cocc1OC(=O)O)=NCC2. The van der Waals surface area contributed by atoms with Gasteiger partial charge >= 0.3 is 6.16 Å². The van der Waals surface area contributed by atoms with Gasteiger partial charge in [-0.2, -0.15) is 0 Å². The van der Waals surface area contributed by atoms with Crippen molar-refractivity contribution in [1.82, 2.24) is 0 Å². The molecule has 0 bridgehead atoms. The van der Waals surface area contributed by atoms with E-state index in [0.29, 0.717) is 29.3 Å². The molecule has 0 radical (unpaired) electrons. The maximum atomic E-state index is 10.8. The van der Waals surface area contributed by atoms with Crippen molar-refractivity contribution in [3.63, 3.8) is 0 Å². The highest BCUT2D eigenvalue weighted by Gasteiger charge is 2.24. The third kappa shape index (κ3) is 2.73. The van der Waals surface area contributed by atoms with Gasteiger partial charge in [0.1, 0.15) is 12.5 Å². The van der Waals surface area contributed by atoms with Gasteiger partial charge in [-0.3, -0.25) is 4.99 Å². The Labute approximate surface area is 132 Å². The van der Waals surface area contributed by atoms with Crippen LogP contribution in [-0.2, 0) is 6.42 Å². The molecule has 23 heavy (non-hydrogen) atoms. The zero-order valence-electron chi connectivity index (χ0n) is 12.7. The van der Waals surface area contributed by atoms with Crippen molar-refractivity contribution in [3.8, 4) is 17.2 Å². The number of carbonyl (C=O) groups is 1. The number of benzene rings is 1. The van der Waals surface area contributed by atoms with Crippen molar-refractivity contribution in [1.29, 1.82) is 0 Å². The highest BCUT2D eigenvalue weighted by molar-refractivity contribution is 6.16. The lowest BCUT2D eigenvalue weighted by atomic mass is 9.93. The second kappa shape index (κ2) is 6.04. The van der Waals surface area contributed by atoms with Gasteiger partial charge in [0, 0.05) is 12.1 Å². The molecule has 0 atom stereocenters. The van der Waals surface area contributed by atoms with Crippen LogP contribution in [0, 0.1) is 0 Å². The number of ether oxygens (including phenoxy) is 3. The maximum absolute atomic E-state index is 10.8. The molecular weight excluding hydrogens is 302 g/mol. The molecule has 1 aromatic heterocycles. The number of carboxylic acid groups (broad SMARTS) is 1. The largest absolute Gasteiger partial charge is 0.511 e. The van der Waals surface area contributed by atoms with Gasteiger partial charge < -0.3 is 23.7 Å². The Hall–Kier alpha value is -2.96. The van der Waals surface area contributed by atoms with E-state index >= 15 is 0 Å². The van der Waals surface area contributed by atoms with E-state index in [9.17, 15) is 4.79 Å². The summed E-state index contributed by atoms with van der Waals surface area (Å²) in [6.07, 6.45) is 2.01. The van der Waals surface area contributed by atoms with Crippen LogP contribution >= 0.6 is 0 Å². The van der Waals surface area contributed by atoms with Crippen LogP contribution in [0.3, 0.4) is 0 Å². The number of nitrogens with zero attached hydrogens (tertiary/aromatic N) is 1. The predicted octanol–water partition coefficient (Wildman–Crippen LogP) is 2.75. The van der Waals surface area contributed by atoms with Crippen LogP contribution < -0.4 is 14.2 Å². The van der Waals surface area contributed by atoms with Gasteiger partial charge in [-0.1, -0.05) is 0 Å². The molecule has 1 aromatic carbocycles. The van der Waals surface area contributed by atoms with Gasteiger partial charge in [0.2, 0.25) is 0 Å². The van der Waals surface area contributed by atoms with E-state index in [-0.39, 0.29) is 5.75 Å². The van der Waals surface area contributed by atoms with Gasteiger partial charge in [0.25, 0.3) is 0 Å². The molecular formula is C16H15NO6. The molecule has 120 valence electrons. The van der Waals surface area contributed by atoms with E-state index < -0.39 is 6.16 Å². The minimum atomic E-state index is -1.41. The third-order valence-electron chi connectivity index (χ3n) is 3.59. The molecule has 0 saturated heterocycles. The summed E-state index contributed by atoms with van der Waals surface area (Å²) in [5, 5.41) is 8.81. The van der Waals surface area contributed by atoms with E-state index in [1.807, 2.05) is 12.1 Å². The van der Waals surface area contributed by atoms with Crippen molar-refractivity contribution in [2.45, 2.75) is 6.42 Å². The van der Waals surface area contributed by atoms with E-state index in [1.54, 1.807) is 14.2 Å². The van der Waals surface area contributed by atoms with Crippen molar-refractivity contribution >= 4 is 11.9 Å². The fraction of sp³-hybridized carbons (Fsp3) is 0.250. The molecule has 0 saturated carbocycles. The van der Waals surface area contributed by atoms with Gasteiger partial charge in [0.15, 0.2) is 17.2 Å². The van der Waals surface area contributed by atoms with Gasteiger partial charge in [0.05, 0.1) is 25.5 Å². The van der Waals surface area contributed by atoms with Gasteiger partial charge in [-0.25, -0.2) is 4.79 Å². The Morgan fingerprint density at radius 2 is 1.87 bits per heavy atom. The minimum absolute atomic E-state index is 0.110. The molecule has 1 N–H and O–H groups in total. The molecule has 0 aliphatic carbocycles. The summed E-state index contributed by atoms with van der Waals surface area (Å²) in [4.78, 5) is 15.3. The molecule has 2 heterocycles. The predicted molar refractivity (Wildman–Crippen MR) is 81.1 cm³/mol. The lowest BCUT2D eigenvalue weighted by Gasteiger charge is -2.19. The number of rotatable bonds is 4. The molecule has 7 heteroatoms. The zero-order valence-corrected chi connectivity index (χ0v) is 12.7. The van der Waals surface area contributed by atoms with Crippen molar-refractivity contribution in [2.75, 3.05) is 20.8 Å². The Kier molecular flexibility index (Phi) is 3.92. The molecule has 0 amide bonds. The monoisotopic (exact) mass is 317 g/mol. The summed E-state index contributed by atoms with van der Waals surface area (Å²) < 4.78 is 20.5. The Morgan fingerprint density at radius 3 is 2.57 bits per heavy atom. The van der Waals surface area contributed by atoms with Gasteiger partial charge in [-0.05, 0) is 24.1 Å². The summed E-state index contributed by atoms with van der Waals surface area (Å²) in [6, 6.07) is 3.73. The van der Waals surface area contributed by atoms with E-state index in [4.69, 9.17) is 23.7 Å². The van der Waals surface area contributed by atoms with Crippen molar-refractivity contribution in [3.05, 3.63) is 41.3 Å². The smallest absolute Gasteiger partial charge is 0.493 e. The second-order valence-electron chi connectivity index (χ2n) is 4.86. The van der Waals surface area contributed by atoms with E-state index in [2.05, 4.69) is 4.99 Å². The Bertz CT molecular complexity index is 777. The fourth-order valence-electron chi connectivity index (χ4n) is 2.58. The van der Waals surface area contributed by atoms with Crippen molar-refractivity contribution in [2.24, 2.45) is 4.99 Å².